The van der Waals surface area contributed by atoms with E-state index in [0.29, 0.717) is 0 Å². The summed E-state index contributed by atoms with van der Waals surface area (Å²) in [4.78, 5) is 66.4. The number of nitrogens with zero attached hydrogens (tertiary/aromatic N) is 4. The van der Waals surface area contributed by atoms with Gasteiger partial charge in [0.15, 0.2) is 23.5 Å². The Morgan fingerprint density at radius 1 is 0.662 bits per heavy atom. The summed E-state index contributed by atoms with van der Waals surface area (Å²) in [5.74, 6) is 15.9. The van der Waals surface area contributed by atoms with Gasteiger partial charge in [0.2, 0.25) is 6.10 Å². The number of aliphatic hydroxyl groups is 2. The molecular weight excluding hydrogens is 1130 g/mol. The van der Waals surface area contributed by atoms with E-state index in [1.165, 1.54) is 21.8 Å². The predicted octanol–water partition coefficient (Wildman–Crippen LogP) is 9.76. The molecule has 18 heteroatoms. The summed E-state index contributed by atoms with van der Waals surface area (Å²) < 4.78 is 47.5. The van der Waals surface area contributed by atoms with Crippen molar-refractivity contribution < 1.29 is 72.7 Å². The number of aliphatic hydroxyl groups excluding tert-OH is 2. The molecule has 17 nitrogen and oxygen atoms in total. The van der Waals surface area contributed by atoms with E-state index in [0.717, 1.165) is 0 Å². The van der Waals surface area contributed by atoms with Crippen molar-refractivity contribution in [2.75, 3.05) is 0 Å². The summed E-state index contributed by atoms with van der Waals surface area (Å²) in [6, 6.07) is -0.190. The van der Waals surface area contributed by atoms with Gasteiger partial charge in [0.25, 0.3) is 0 Å². The van der Waals surface area contributed by atoms with E-state index in [1.54, 1.807) is 65.5 Å². The number of cyclic esters (lactones) is 2. The molecule has 74 heavy (non-hydrogen) atoms. The zero-order chi connectivity index (χ0) is 59.0. The van der Waals surface area contributed by atoms with Crippen molar-refractivity contribution in [3.05, 3.63) is 56.0 Å². The molecule has 3 heterocycles. The van der Waals surface area contributed by atoms with Crippen LogP contribution in [0.1, 0.15) is 152 Å². The third-order valence-corrected chi connectivity index (χ3v) is 11.1. The average molecular weight is 1210 g/mol. The summed E-state index contributed by atoms with van der Waals surface area (Å²) in [7, 11) is 0. The van der Waals surface area contributed by atoms with Gasteiger partial charge in [-0.05, 0) is 57.8 Å². The first kappa shape index (κ1) is 72.4. The summed E-state index contributed by atoms with van der Waals surface area (Å²) in [5.41, 5.74) is -1.02. The number of ether oxygens (including phenoxy) is 2. The van der Waals surface area contributed by atoms with Crippen LogP contribution in [0.2, 0.25) is 0 Å². The Kier molecular flexibility index (Phi) is 30.4. The number of allylic oxidation sites excluding steroid dienone is 2. The third kappa shape index (κ3) is 31.6. The topological polar surface area (TPSA) is 248 Å². The molecule has 4 unspecified atom stereocenters. The van der Waals surface area contributed by atoms with Crippen molar-refractivity contribution in [3.63, 3.8) is 0 Å². The second-order valence-corrected chi connectivity index (χ2v) is 26.2. The Hall–Kier alpha value is -5.89. The quantitative estimate of drug-likeness (QED) is 0.113. The first-order valence-electron chi connectivity index (χ1n) is 23.6. The van der Waals surface area contributed by atoms with Gasteiger partial charge in [-0.1, -0.05) is 157 Å². The van der Waals surface area contributed by atoms with Crippen LogP contribution in [-0.4, -0.2) is 83.3 Å². The molecule has 0 spiro atoms. The number of imidazole rings is 2. The monoisotopic (exact) mass is 1210 g/mol. The van der Waals surface area contributed by atoms with Gasteiger partial charge in [-0.25, -0.2) is 25.5 Å². The maximum atomic E-state index is 12.4. The van der Waals surface area contributed by atoms with Gasteiger partial charge in [-0.15, -0.1) is 5.92 Å². The van der Waals surface area contributed by atoms with E-state index in [9.17, 15) is 34.2 Å². The normalized spacial score (nSPS) is 16.4. The number of aromatic nitrogens is 4. The van der Waals surface area contributed by atoms with Crippen LogP contribution in [0.3, 0.4) is 0 Å². The Bertz CT molecular complexity index is 2570. The van der Waals surface area contributed by atoms with Gasteiger partial charge in [0.05, 0.1) is 6.10 Å². The molecule has 0 bridgehead atoms. The number of ketones is 3. The molecule has 2 aromatic rings. The van der Waals surface area contributed by atoms with Crippen LogP contribution < -0.4 is 0 Å². The molecule has 0 radical (unpaired) electrons. The maximum absolute atomic E-state index is 12.4. The van der Waals surface area contributed by atoms with Gasteiger partial charge in [-0.2, -0.15) is 0 Å². The first-order valence-corrected chi connectivity index (χ1v) is 27.8. The van der Waals surface area contributed by atoms with Gasteiger partial charge in [0.1, 0.15) is 18.8 Å². The summed E-state index contributed by atoms with van der Waals surface area (Å²) in [5, 5.41) is 19.7. The van der Waals surface area contributed by atoms with Crippen LogP contribution in [-0.2, 0) is 52.9 Å². The molecule has 1 aliphatic rings. The van der Waals surface area contributed by atoms with Crippen LogP contribution in [0.15, 0.2) is 49.6 Å². The van der Waals surface area contributed by atoms with Crippen LogP contribution in [0.5, 0.6) is 0 Å². The minimum absolute atomic E-state index is 0.0549. The first-order chi connectivity index (χ1) is 33.2. The van der Waals surface area contributed by atoms with Crippen LogP contribution in [0.25, 0.3) is 0 Å². The Morgan fingerprint density at radius 2 is 1.07 bits per heavy atom. The molecule has 7 atom stereocenters. The molecule has 0 aromatic carbocycles. The zero-order valence-electron chi connectivity index (χ0n) is 47.7. The second-order valence-electron chi connectivity index (χ2n) is 23.7. The molecule has 0 saturated carbocycles. The number of carbonyl (C=O) groups excluding carboxylic acids is 5. The Labute approximate surface area is 443 Å². The van der Waals surface area contributed by atoms with Gasteiger partial charge in [-0.3, -0.25) is 29.4 Å². The zero-order valence-corrected chi connectivity index (χ0v) is 50.2. The standard InChI is InChI=1S/C14H24O4.C13H26O3.C13H24O.C9H3.C7H6N4O.4O.Os/c1-8(13(2,3)4)9(15)10-11(14(5,6)7)18-12(16)17-10;1-8(12(2,3)4)9(14)10(15)11(16)13(5,6)7;1-10(13(5,6)7)11(14)8-9-12(2,3)4;1-3-5-7-9-8-6-4-2;12-7(10-3-1-8-5-10)11-4-2-9-6-11;;;;;/h8,10-11H,1-7H3;8,10-11,15-16H,1-7H3;8-10H,1-7H3;1H3;1-6H;;;;;/q;;;-1;;;;;;/b;;9-8+;;;;;;;/t2*8-,10?,11?;10-;;;;;;;/m000......./s1. The van der Waals surface area contributed by atoms with Crippen molar-refractivity contribution in [2.45, 2.75) is 177 Å². The number of hydrogen-bond acceptors (Lipinski definition) is 15. The number of carbonyl (C=O) groups is 5. The van der Waals surface area contributed by atoms with E-state index in [-0.39, 0.29) is 68.2 Å². The van der Waals surface area contributed by atoms with E-state index in [1.807, 2.05) is 88.2 Å². The molecule has 0 aliphatic carbocycles. The fourth-order valence-corrected chi connectivity index (χ4v) is 5.15. The van der Waals surface area contributed by atoms with Crippen molar-refractivity contribution in [2.24, 2.45) is 50.2 Å². The molecule has 1 aliphatic heterocycles. The average Bonchev–Trinajstić information content (AvgIpc) is 4.06. The minimum atomic E-state index is -6.06. The SMILES string of the molecule is C[C@@H](C(=O)/C=C/C(C)(C)C)C(C)(C)C.C[C@@H](C(=O)C(O)C(O)C(C)(C)C)C(C)(C)C.C[C@@H](C(=O)C1OC(=O)OC1C(C)(C)C)C(C)(C)C.O=C(n1ccnc1)n1ccnc1.[C-]#CC#CC#CC#CC.[O]=[Os](=[O])(=[O])=[O]. The van der Waals surface area contributed by atoms with E-state index >= 15 is 0 Å². The van der Waals surface area contributed by atoms with E-state index in [2.05, 4.69) is 87.0 Å². The number of Topliss-reactive ketones (excluding diaryl/α,β-unsaturated/α-hetero) is 2. The molecular formula is C56H83N4O13Os-. The predicted molar refractivity (Wildman–Crippen MR) is 275 cm³/mol. The molecule has 3 rings (SSSR count). The Morgan fingerprint density at radius 3 is 1.39 bits per heavy atom. The van der Waals surface area contributed by atoms with Crippen molar-refractivity contribution in [1.82, 2.24) is 19.1 Å². The van der Waals surface area contributed by atoms with Crippen LogP contribution >= 0.6 is 0 Å². The van der Waals surface area contributed by atoms with Crippen molar-refractivity contribution >= 4 is 29.5 Å². The molecule has 2 N–H and O–H groups in total. The van der Waals surface area contributed by atoms with Crippen LogP contribution in [0.4, 0.5) is 9.59 Å². The fraction of sp³-hybridized carbons (Fsp3) is 0.625. The molecule has 1 saturated heterocycles. The number of hydrogen-bond donors (Lipinski definition) is 2. The Balaban J connectivity index is -0.000000843. The third-order valence-electron chi connectivity index (χ3n) is 11.1. The van der Waals surface area contributed by atoms with Crippen molar-refractivity contribution in [1.29, 1.82) is 0 Å². The number of rotatable bonds is 7. The summed E-state index contributed by atoms with van der Waals surface area (Å²) in [6.07, 6.45) is 14.9. The van der Waals surface area contributed by atoms with Crippen molar-refractivity contribution in [3.8, 4) is 41.4 Å². The molecule has 414 valence electrons. The van der Waals surface area contributed by atoms with Crippen LogP contribution in [0, 0.1) is 98.1 Å². The van der Waals surface area contributed by atoms with Gasteiger partial charge >= 0.3 is 41.2 Å². The van der Waals surface area contributed by atoms with Gasteiger partial charge < -0.3 is 26.1 Å². The van der Waals surface area contributed by atoms with E-state index in [4.69, 9.17) is 30.1 Å². The van der Waals surface area contributed by atoms with E-state index < -0.39 is 50.8 Å². The molecule has 2 aromatic heterocycles. The fourth-order valence-electron chi connectivity index (χ4n) is 5.15. The molecule has 1 fully saturated rings. The second kappa shape index (κ2) is 31.1. The van der Waals surface area contributed by atoms with Gasteiger partial charge in [0, 0.05) is 48.0 Å². The summed E-state index contributed by atoms with van der Waals surface area (Å²) in [6.45, 7) is 43.0. The summed E-state index contributed by atoms with van der Waals surface area (Å²) >= 11 is -6.06. The molecule has 0 amide bonds.